The fourth-order valence-electron chi connectivity index (χ4n) is 2.28. The molecule has 1 saturated carbocycles. The average Bonchev–Trinajstić information content (AvgIpc) is 2.85. The number of nitriles is 1. The largest absolute Gasteiger partial charge is 0.192 e. The first-order valence-corrected chi connectivity index (χ1v) is 7.32. The van der Waals surface area contributed by atoms with Crippen LogP contribution >= 0.6 is 11.8 Å². The number of benzene rings is 1. The zero-order chi connectivity index (χ0) is 12.1. The molecule has 0 heterocycles. The Morgan fingerprint density at radius 1 is 1.29 bits per heavy atom. The lowest BCUT2D eigenvalue weighted by molar-refractivity contribution is 0.691. The first-order chi connectivity index (χ1) is 8.31. The molecule has 17 heavy (non-hydrogen) atoms. The van der Waals surface area contributed by atoms with Crippen LogP contribution in [0.4, 0.5) is 0 Å². The summed E-state index contributed by atoms with van der Waals surface area (Å²) >= 11 is 1.99. The second-order valence-electron chi connectivity index (χ2n) is 4.52. The molecule has 2 unspecified atom stereocenters. The van der Waals surface area contributed by atoms with Gasteiger partial charge in [0.05, 0.1) is 11.6 Å². The van der Waals surface area contributed by atoms with E-state index in [0.29, 0.717) is 0 Å². The van der Waals surface area contributed by atoms with Gasteiger partial charge in [-0.05, 0) is 49.1 Å². The Hall–Kier alpha value is -1.20. The molecule has 2 heteroatoms. The maximum atomic E-state index is 8.72. The Morgan fingerprint density at radius 2 is 2.06 bits per heavy atom. The molecule has 0 N–H and O–H groups in total. The van der Waals surface area contributed by atoms with Crippen LogP contribution in [0.25, 0.3) is 6.08 Å². The average molecular weight is 243 g/mol. The van der Waals surface area contributed by atoms with Crippen LogP contribution in [-0.4, -0.2) is 11.5 Å². The molecule has 1 nitrogen and oxygen atoms in total. The minimum Gasteiger partial charge on any atom is -0.192 e. The Morgan fingerprint density at radius 3 is 2.65 bits per heavy atom. The van der Waals surface area contributed by atoms with Crippen molar-refractivity contribution in [3.8, 4) is 6.07 Å². The van der Waals surface area contributed by atoms with Crippen molar-refractivity contribution in [2.45, 2.75) is 24.5 Å². The summed E-state index contributed by atoms with van der Waals surface area (Å²) in [5, 5.41) is 9.57. The molecular weight excluding hydrogens is 226 g/mol. The summed E-state index contributed by atoms with van der Waals surface area (Å²) in [7, 11) is 0. The third-order valence-electron chi connectivity index (χ3n) is 3.36. The van der Waals surface area contributed by atoms with Crippen LogP contribution in [0.1, 0.15) is 30.4 Å². The lowest BCUT2D eigenvalue weighted by atomic mass is 10.1. The minimum absolute atomic E-state index is 0.727. The maximum Gasteiger partial charge on any atom is 0.0991 e. The van der Waals surface area contributed by atoms with Crippen molar-refractivity contribution < 1.29 is 0 Å². The van der Waals surface area contributed by atoms with E-state index in [-0.39, 0.29) is 0 Å². The number of rotatable bonds is 3. The van der Waals surface area contributed by atoms with E-state index in [0.717, 1.165) is 16.7 Å². The van der Waals surface area contributed by atoms with Gasteiger partial charge in [0.2, 0.25) is 0 Å². The van der Waals surface area contributed by atoms with Gasteiger partial charge < -0.3 is 0 Å². The highest BCUT2D eigenvalue weighted by Crippen LogP contribution is 2.33. The first kappa shape index (κ1) is 12.3. The van der Waals surface area contributed by atoms with E-state index in [2.05, 4.69) is 24.5 Å². The van der Waals surface area contributed by atoms with Gasteiger partial charge in [-0.1, -0.05) is 24.3 Å². The lowest BCUT2D eigenvalue weighted by Crippen LogP contribution is -1.94. The molecule has 2 atom stereocenters. The quantitative estimate of drug-likeness (QED) is 0.798. The van der Waals surface area contributed by atoms with Crippen molar-refractivity contribution in [3.05, 3.63) is 41.5 Å². The smallest absolute Gasteiger partial charge is 0.0991 e. The van der Waals surface area contributed by atoms with Crippen molar-refractivity contribution >= 4 is 17.8 Å². The lowest BCUT2D eigenvalue weighted by Gasteiger charge is -2.04. The fraction of sp³-hybridized carbons (Fsp3) is 0.400. The van der Waals surface area contributed by atoms with E-state index in [1.807, 2.05) is 36.0 Å². The van der Waals surface area contributed by atoms with Crippen LogP contribution in [0.5, 0.6) is 0 Å². The zero-order valence-electron chi connectivity index (χ0n) is 10.1. The summed E-state index contributed by atoms with van der Waals surface area (Å²) in [6.45, 7) is 0. The van der Waals surface area contributed by atoms with Crippen molar-refractivity contribution in [2.24, 2.45) is 5.92 Å². The highest BCUT2D eigenvalue weighted by atomic mass is 32.2. The molecule has 0 aromatic heterocycles. The van der Waals surface area contributed by atoms with Crippen molar-refractivity contribution in [1.29, 1.82) is 5.26 Å². The summed E-state index contributed by atoms with van der Waals surface area (Å²) in [5.41, 5.74) is 1.92. The monoisotopic (exact) mass is 243 g/mol. The van der Waals surface area contributed by atoms with Crippen LogP contribution in [-0.2, 0) is 0 Å². The maximum absolute atomic E-state index is 8.72. The Bertz CT molecular complexity index is 427. The molecule has 2 rings (SSSR count). The van der Waals surface area contributed by atoms with Crippen LogP contribution in [0, 0.1) is 17.2 Å². The summed E-state index contributed by atoms with van der Waals surface area (Å²) in [4.78, 5) is 0. The molecule has 0 spiro atoms. The molecular formula is C15H17NS. The fourth-order valence-corrected chi connectivity index (χ4v) is 3.09. The SMILES string of the molecule is CSC1CCC(/C=C/c2ccc(C#N)cc2)C1. The molecule has 1 fully saturated rings. The van der Waals surface area contributed by atoms with Gasteiger partial charge >= 0.3 is 0 Å². The molecule has 0 bridgehead atoms. The predicted octanol–water partition coefficient (Wildman–Crippen LogP) is 4.10. The highest BCUT2D eigenvalue weighted by Gasteiger charge is 2.21. The van der Waals surface area contributed by atoms with Crippen LogP contribution in [0.15, 0.2) is 30.3 Å². The van der Waals surface area contributed by atoms with Crippen molar-refractivity contribution in [1.82, 2.24) is 0 Å². The van der Waals surface area contributed by atoms with Gasteiger partial charge in [-0.25, -0.2) is 0 Å². The Labute approximate surface area is 108 Å². The molecule has 1 aliphatic carbocycles. The second kappa shape index (κ2) is 5.93. The first-order valence-electron chi connectivity index (χ1n) is 6.03. The summed E-state index contributed by atoms with van der Waals surface area (Å²) in [5.74, 6) is 0.739. The third-order valence-corrected chi connectivity index (χ3v) is 4.45. The molecule has 0 radical (unpaired) electrons. The number of hydrogen-bond acceptors (Lipinski definition) is 2. The van der Waals surface area contributed by atoms with Gasteiger partial charge in [-0.15, -0.1) is 0 Å². The second-order valence-corrected chi connectivity index (χ2v) is 5.66. The Kier molecular flexibility index (Phi) is 4.28. The molecule has 1 aliphatic rings. The summed E-state index contributed by atoms with van der Waals surface area (Å²) in [6.07, 6.45) is 10.7. The zero-order valence-corrected chi connectivity index (χ0v) is 10.9. The molecule has 1 aromatic rings. The van der Waals surface area contributed by atoms with E-state index >= 15 is 0 Å². The van der Waals surface area contributed by atoms with Crippen molar-refractivity contribution in [2.75, 3.05) is 6.26 Å². The van der Waals surface area contributed by atoms with Gasteiger partial charge in [0.15, 0.2) is 0 Å². The van der Waals surface area contributed by atoms with Gasteiger partial charge in [0, 0.05) is 5.25 Å². The van der Waals surface area contributed by atoms with Crippen LogP contribution < -0.4 is 0 Å². The summed E-state index contributed by atoms with van der Waals surface area (Å²) < 4.78 is 0. The molecule has 0 saturated heterocycles. The van der Waals surface area contributed by atoms with Crippen LogP contribution in [0.3, 0.4) is 0 Å². The molecule has 0 aliphatic heterocycles. The van der Waals surface area contributed by atoms with Gasteiger partial charge in [-0.3, -0.25) is 0 Å². The predicted molar refractivity (Wildman–Crippen MR) is 74.8 cm³/mol. The molecule has 0 amide bonds. The van der Waals surface area contributed by atoms with E-state index in [9.17, 15) is 0 Å². The Balaban J connectivity index is 1.94. The van der Waals surface area contributed by atoms with Gasteiger partial charge in [0.25, 0.3) is 0 Å². The number of nitrogens with zero attached hydrogens (tertiary/aromatic N) is 1. The minimum atomic E-state index is 0.727. The van der Waals surface area contributed by atoms with E-state index < -0.39 is 0 Å². The molecule has 88 valence electrons. The van der Waals surface area contributed by atoms with Crippen molar-refractivity contribution in [3.63, 3.8) is 0 Å². The van der Waals surface area contributed by atoms with Gasteiger partial charge in [0.1, 0.15) is 0 Å². The third kappa shape index (κ3) is 3.38. The number of hydrogen-bond donors (Lipinski definition) is 0. The molecule has 1 aromatic carbocycles. The standard InChI is InChI=1S/C15H17NS/c1-17-15-9-8-13(10-15)5-2-12-3-6-14(11-16)7-4-12/h2-7,13,15H,8-10H2,1H3/b5-2+. The summed E-state index contributed by atoms with van der Waals surface area (Å²) in [6, 6.07) is 9.91. The number of thioether (sulfide) groups is 1. The van der Waals surface area contributed by atoms with E-state index in [1.54, 1.807) is 0 Å². The van der Waals surface area contributed by atoms with Gasteiger partial charge in [-0.2, -0.15) is 17.0 Å². The van der Waals surface area contributed by atoms with E-state index in [1.165, 1.54) is 24.8 Å². The number of allylic oxidation sites excluding steroid dienone is 1. The topological polar surface area (TPSA) is 23.8 Å². The van der Waals surface area contributed by atoms with E-state index in [4.69, 9.17) is 5.26 Å². The highest BCUT2D eigenvalue weighted by molar-refractivity contribution is 7.99. The van der Waals surface area contributed by atoms with Crippen LogP contribution in [0.2, 0.25) is 0 Å². The normalized spacial score (nSPS) is 24.0.